The van der Waals surface area contributed by atoms with Crippen molar-refractivity contribution in [2.45, 2.75) is 35.3 Å². The topological polar surface area (TPSA) is 88.8 Å². The van der Waals surface area contributed by atoms with E-state index in [9.17, 15) is 18.0 Å². The average molecular weight is 707 g/mol. The second-order valence-corrected chi connectivity index (χ2v) is 12.5. The van der Waals surface area contributed by atoms with Crippen LogP contribution in [-0.4, -0.2) is 36.5 Å². The molecule has 6 nitrogen and oxygen atoms in total. The van der Waals surface area contributed by atoms with Crippen molar-refractivity contribution in [3.05, 3.63) is 87.2 Å². The van der Waals surface area contributed by atoms with Gasteiger partial charge in [0.1, 0.15) is 11.4 Å². The third-order valence-electron chi connectivity index (χ3n) is 5.88. The summed E-state index contributed by atoms with van der Waals surface area (Å²) in [7, 11) is 1.35. The zero-order valence-electron chi connectivity index (χ0n) is 20.5. The Hall–Kier alpha value is -2.75. The number of nitrogens with zero attached hydrogens (tertiary/aromatic N) is 4. The number of methoxy groups -OCH3 is 1. The second-order valence-electron chi connectivity index (χ2n) is 8.38. The first-order chi connectivity index (χ1) is 18.2. The summed E-state index contributed by atoms with van der Waals surface area (Å²) >= 11 is 1.06. The van der Waals surface area contributed by atoms with Crippen LogP contribution in [0.1, 0.15) is 52.6 Å². The summed E-state index contributed by atoms with van der Waals surface area (Å²) in [6.45, 7) is 2.00. The largest absolute Gasteiger partial charge is 2.00 e. The minimum absolute atomic E-state index is 0. The summed E-state index contributed by atoms with van der Waals surface area (Å²) in [5.74, 6) is 1.25. The monoisotopic (exact) mass is 706 g/mol. The van der Waals surface area contributed by atoms with Crippen molar-refractivity contribution in [1.82, 2.24) is 15.2 Å². The number of ether oxygens (including phenoxy) is 1. The number of allylic oxidation sites excluding steroid dienone is 4. The summed E-state index contributed by atoms with van der Waals surface area (Å²) in [5, 5.41) is 17.6. The Balaban J connectivity index is 0.000000219. The first-order valence-electron chi connectivity index (χ1n) is 11.3. The van der Waals surface area contributed by atoms with Gasteiger partial charge < -0.3 is 20.9 Å². The standard InChI is InChI=1S/C15H12F3INO2.C12H8N3S.Ni/c1-9-3-4-10(8-21)12(6-19-9)11-5-14(15(16,17)18)20-7-13(11)22-2;13-6-8-1-3-9(4-2-8)10-5-11(10)12-15-14-7-16-12;/h3-7,9H,1-2H3;1-4,10-11H,5H2;/q2*-1;+2. The maximum absolute atomic E-state index is 12.9. The predicted molar refractivity (Wildman–Crippen MR) is 147 cm³/mol. The third-order valence-corrected chi connectivity index (χ3v) is 9.18. The van der Waals surface area contributed by atoms with Crippen LogP contribution in [0, 0.1) is 16.8 Å². The van der Waals surface area contributed by atoms with E-state index >= 15 is 0 Å². The predicted octanol–water partition coefficient (Wildman–Crippen LogP) is 6.18. The van der Waals surface area contributed by atoms with Gasteiger partial charge in [-0.3, -0.25) is 10.2 Å². The summed E-state index contributed by atoms with van der Waals surface area (Å²) in [4.78, 5) is 14.5. The molecule has 2 aromatic heterocycles. The Morgan fingerprint density at radius 2 is 2.00 bits per heavy atom. The molecule has 0 amide bonds. The quantitative estimate of drug-likeness (QED) is 0.136. The van der Waals surface area contributed by atoms with E-state index in [0.29, 0.717) is 23.0 Å². The fraction of sp³-hybridized carbons (Fsp3) is 0.259. The van der Waals surface area contributed by atoms with Crippen molar-refractivity contribution in [3.63, 3.8) is 0 Å². The van der Waals surface area contributed by atoms with Gasteiger partial charge in [-0.2, -0.15) is 24.5 Å². The number of hydrogen-bond donors (Lipinski definition) is 0. The summed E-state index contributed by atoms with van der Waals surface area (Å²) in [5.41, 5.74) is 4.62. The van der Waals surface area contributed by atoms with Crippen LogP contribution in [0.5, 0.6) is 5.75 Å². The molecule has 0 N–H and O–H groups in total. The minimum atomic E-state index is -4.56. The number of rotatable bonds is 5. The van der Waals surface area contributed by atoms with Crippen LogP contribution in [0.2, 0.25) is 0 Å². The third kappa shape index (κ3) is 7.68. The van der Waals surface area contributed by atoms with E-state index in [2.05, 4.69) is 26.8 Å². The molecule has 2 aliphatic rings. The van der Waals surface area contributed by atoms with Crippen molar-refractivity contribution in [2.24, 2.45) is 0 Å². The number of nitriles is 1. The molecule has 0 bridgehead atoms. The van der Waals surface area contributed by atoms with Crippen molar-refractivity contribution in [3.8, 4) is 11.8 Å². The van der Waals surface area contributed by atoms with Crippen molar-refractivity contribution >= 4 is 47.9 Å². The summed E-state index contributed by atoms with van der Waals surface area (Å²) < 4.78 is 45.9. The van der Waals surface area contributed by atoms with Gasteiger partial charge in [0.2, 0.25) is 0 Å². The summed E-state index contributed by atoms with van der Waals surface area (Å²) in [6, 6.07) is 10.9. The molecular formula is C27H20F3IN4NiO2S. The number of pyridine rings is 1. The van der Waals surface area contributed by atoms with Crippen molar-refractivity contribution in [1.29, 1.82) is 5.26 Å². The second kappa shape index (κ2) is 13.5. The number of carbonyl (C=O) groups excluding carboxylic acids is 1. The molecule has 0 radical (unpaired) electrons. The summed E-state index contributed by atoms with van der Waals surface area (Å²) in [6.07, 6.45) is 2.86. The Bertz CT molecular complexity index is 1430. The molecule has 0 saturated heterocycles. The van der Waals surface area contributed by atoms with Gasteiger partial charge >= 0.3 is 22.7 Å². The van der Waals surface area contributed by atoms with Crippen molar-refractivity contribution in [2.75, 3.05) is 7.11 Å². The van der Waals surface area contributed by atoms with E-state index in [0.717, 1.165) is 23.7 Å². The number of alkyl halides is 4. The van der Waals surface area contributed by atoms with E-state index < -0.39 is 32.6 Å². The van der Waals surface area contributed by atoms with Crippen LogP contribution in [0.3, 0.4) is 0 Å². The van der Waals surface area contributed by atoms with Gasteiger partial charge in [-0.25, -0.2) is 4.98 Å². The minimum Gasteiger partial charge on any atom is -0.496 e. The van der Waals surface area contributed by atoms with Gasteiger partial charge in [0.05, 0.1) is 31.2 Å². The molecule has 1 saturated carbocycles. The molecule has 39 heavy (non-hydrogen) atoms. The van der Waals surface area contributed by atoms with E-state index in [-0.39, 0.29) is 37.3 Å². The Morgan fingerprint density at radius 1 is 1.26 bits per heavy atom. The number of benzene rings is 1. The molecule has 1 aromatic carbocycles. The molecule has 1 aliphatic heterocycles. The Labute approximate surface area is 247 Å². The van der Waals surface area contributed by atoms with Crippen LogP contribution >= 0.6 is 32.1 Å². The normalized spacial score (nSPS) is 19.8. The van der Waals surface area contributed by atoms with Crippen LogP contribution in [0.15, 0.2) is 54.3 Å². The number of aromatic nitrogens is 3. The molecule has 0 spiro atoms. The molecule has 3 unspecified atom stereocenters. The molecule has 3 aromatic rings. The van der Waals surface area contributed by atoms with Gasteiger partial charge in [0.15, 0.2) is 0 Å². The van der Waals surface area contributed by atoms with E-state index in [1.165, 1.54) is 24.0 Å². The number of halogens is 4. The molecule has 5 rings (SSSR count). The van der Waals surface area contributed by atoms with E-state index in [1.807, 2.05) is 41.3 Å². The molecule has 12 heteroatoms. The van der Waals surface area contributed by atoms with Gasteiger partial charge in [0.25, 0.3) is 0 Å². The number of hydrogen-bond acceptors (Lipinski definition) is 7. The average Bonchev–Trinajstić information content (AvgIpc) is 3.58. The SMILES string of the molecule is COc1cnc(C(F)(F)F)cc1C1=C([C-]=O)C=CC(C)I=C1.N#Cc1ccc(C2CC2c2nn[c-]s2)cc1.[Ni+2]. The van der Waals surface area contributed by atoms with Crippen LogP contribution in [0.25, 0.3) is 5.57 Å². The first kappa shape index (κ1) is 30.8. The smallest absolute Gasteiger partial charge is 0.496 e. The van der Waals surface area contributed by atoms with Crippen LogP contribution < -0.4 is 4.74 Å². The molecule has 204 valence electrons. The fourth-order valence-corrected chi connectivity index (χ4v) is 6.51. The molecular weight excluding hydrogens is 687 g/mol. The van der Waals surface area contributed by atoms with Gasteiger partial charge in [-0.1, -0.05) is 35.0 Å². The Morgan fingerprint density at radius 3 is 2.59 bits per heavy atom. The molecule has 3 atom stereocenters. The Kier molecular flexibility index (Phi) is 10.7. The van der Waals surface area contributed by atoms with E-state index in [1.54, 1.807) is 12.4 Å². The zero-order chi connectivity index (χ0) is 27.3. The molecule has 3 heterocycles. The van der Waals surface area contributed by atoms with Crippen molar-refractivity contribution < 1.29 is 39.2 Å². The van der Waals surface area contributed by atoms with Gasteiger partial charge in [-0.15, -0.1) is 38.0 Å². The fourth-order valence-electron chi connectivity index (χ4n) is 3.79. The van der Waals surface area contributed by atoms with Crippen LogP contribution in [0.4, 0.5) is 13.2 Å². The first-order valence-corrected chi connectivity index (χ1v) is 14.6. The van der Waals surface area contributed by atoms with Crippen LogP contribution in [-0.2, 0) is 27.5 Å². The van der Waals surface area contributed by atoms with E-state index in [4.69, 9.17) is 10.00 Å². The molecule has 1 fully saturated rings. The zero-order valence-corrected chi connectivity index (χ0v) is 24.4. The maximum atomic E-state index is 12.9. The maximum Gasteiger partial charge on any atom is 2.00 e. The van der Waals surface area contributed by atoms with Gasteiger partial charge in [-0.05, 0) is 46.2 Å². The van der Waals surface area contributed by atoms with Gasteiger partial charge in [0, 0.05) is 3.92 Å². The molecule has 1 aliphatic carbocycles.